The van der Waals surface area contributed by atoms with E-state index in [4.69, 9.17) is 0 Å². The number of aryl methyl sites for hydroxylation is 1. The average molecular weight is 498 g/mol. The van der Waals surface area contributed by atoms with Crippen molar-refractivity contribution in [3.05, 3.63) is 28.5 Å². The van der Waals surface area contributed by atoms with Crippen molar-refractivity contribution in [3.8, 4) is 10.4 Å². The summed E-state index contributed by atoms with van der Waals surface area (Å²) in [5.74, 6) is 0.450. The zero-order valence-electron chi connectivity index (χ0n) is 20.7. The first-order valence-electron chi connectivity index (χ1n) is 12.9. The Kier molecular flexibility index (Phi) is 6.81. The number of carbonyl (C=O) groups is 2. The molecule has 35 heavy (non-hydrogen) atoms. The minimum atomic E-state index is -0.369. The SMILES string of the molecule is CC[C@@H](C)Nc1cc(C)c(-c2sc(C(=O)N[C@H]3CC[C@H](O)C3)nc2C(=O)N2C3CCC2CC3)cn1. The van der Waals surface area contributed by atoms with E-state index >= 15 is 0 Å². The van der Waals surface area contributed by atoms with Gasteiger partial charge in [0.05, 0.1) is 11.0 Å². The largest absolute Gasteiger partial charge is 0.393 e. The lowest BCUT2D eigenvalue weighted by molar-refractivity contribution is 0.0725. The number of amides is 2. The zero-order valence-corrected chi connectivity index (χ0v) is 21.5. The maximum Gasteiger partial charge on any atom is 0.280 e. The Morgan fingerprint density at radius 1 is 1.20 bits per heavy atom. The molecule has 2 aromatic heterocycles. The van der Waals surface area contributed by atoms with Crippen LogP contribution in [0.3, 0.4) is 0 Å². The minimum Gasteiger partial charge on any atom is -0.393 e. The number of carbonyl (C=O) groups excluding carboxylic acids is 2. The molecule has 3 atom stereocenters. The monoisotopic (exact) mass is 497 g/mol. The standard InChI is InChI=1S/C26H35N5O3S/c1-4-15(3)28-21-11-14(2)20(13-27-21)23-22(26(34)31-17-6-7-18(31)9-8-17)30-25(35-23)24(33)29-16-5-10-19(32)12-16/h11,13,15-19,32H,4-10,12H2,1-3H3,(H,27,28)(H,29,33)/t15-,16+,17?,18?,19+/m1/s1. The molecule has 2 amide bonds. The summed E-state index contributed by atoms with van der Waals surface area (Å²) in [4.78, 5) is 38.8. The van der Waals surface area contributed by atoms with Gasteiger partial charge in [-0.25, -0.2) is 9.97 Å². The molecule has 0 unspecified atom stereocenters. The number of aromatic nitrogens is 2. The molecular weight excluding hydrogens is 462 g/mol. The van der Waals surface area contributed by atoms with Crippen molar-refractivity contribution in [2.75, 3.05) is 5.32 Å². The van der Waals surface area contributed by atoms with Crippen molar-refractivity contribution < 1.29 is 14.7 Å². The van der Waals surface area contributed by atoms with Gasteiger partial charge in [-0.2, -0.15) is 0 Å². The van der Waals surface area contributed by atoms with Crippen LogP contribution in [0.5, 0.6) is 0 Å². The molecule has 2 aromatic rings. The van der Waals surface area contributed by atoms with Crippen LogP contribution >= 0.6 is 11.3 Å². The number of nitrogens with zero attached hydrogens (tertiary/aromatic N) is 3. The van der Waals surface area contributed by atoms with Gasteiger partial charge in [0.25, 0.3) is 11.8 Å². The van der Waals surface area contributed by atoms with Crippen LogP contribution in [0.1, 0.15) is 91.1 Å². The van der Waals surface area contributed by atoms with Gasteiger partial charge in [0.15, 0.2) is 5.01 Å². The Morgan fingerprint density at radius 2 is 1.91 bits per heavy atom. The van der Waals surface area contributed by atoms with E-state index in [1.807, 2.05) is 17.9 Å². The number of fused-ring (bicyclic) bond motifs is 2. The number of rotatable bonds is 7. The van der Waals surface area contributed by atoms with Crippen molar-refractivity contribution in [1.82, 2.24) is 20.2 Å². The second-order valence-electron chi connectivity index (χ2n) is 10.3. The molecule has 1 saturated carbocycles. The average Bonchev–Trinajstić information content (AvgIpc) is 3.63. The van der Waals surface area contributed by atoms with Crippen LogP contribution in [0.4, 0.5) is 5.82 Å². The van der Waals surface area contributed by atoms with Gasteiger partial charge < -0.3 is 20.6 Å². The molecule has 0 spiro atoms. The molecule has 2 bridgehead atoms. The lowest BCUT2D eigenvalue weighted by Crippen LogP contribution is -2.36. The van der Waals surface area contributed by atoms with Crippen LogP contribution in [0.2, 0.25) is 0 Å². The molecule has 0 radical (unpaired) electrons. The number of anilines is 1. The Hall–Kier alpha value is -2.52. The predicted octanol–water partition coefficient (Wildman–Crippen LogP) is 4.13. The first kappa shape index (κ1) is 24.2. The van der Waals surface area contributed by atoms with Crippen LogP contribution in [-0.4, -0.2) is 62.1 Å². The topological polar surface area (TPSA) is 107 Å². The molecule has 0 aromatic carbocycles. The van der Waals surface area contributed by atoms with Crippen molar-refractivity contribution in [2.24, 2.45) is 0 Å². The molecule has 2 saturated heterocycles. The van der Waals surface area contributed by atoms with Crippen molar-refractivity contribution in [3.63, 3.8) is 0 Å². The van der Waals surface area contributed by atoms with Gasteiger partial charge >= 0.3 is 0 Å². The molecule has 188 valence electrons. The summed E-state index contributed by atoms with van der Waals surface area (Å²) in [6, 6.07) is 2.80. The first-order chi connectivity index (χ1) is 16.8. The summed E-state index contributed by atoms with van der Waals surface area (Å²) >= 11 is 1.26. The number of pyridine rings is 1. The van der Waals surface area contributed by atoms with Gasteiger partial charge in [0.1, 0.15) is 11.5 Å². The maximum atomic E-state index is 13.8. The minimum absolute atomic E-state index is 0.0623. The third-order valence-electron chi connectivity index (χ3n) is 7.81. The van der Waals surface area contributed by atoms with Gasteiger partial charge in [-0.1, -0.05) is 6.92 Å². The van der Waals surface area contributed by atoms with Crippen molar-refractivity contribution >= 4 is 29.0 Å². The van der Waals surface area contributed by atoms with Gasteiger partial charge in [-0.3, -0.25) is 9.59 Å². The third-order valence-corrected chi connectivity index (χ3v) is 8.90. The highest BCUT2D eigenvalue weighted by molar-refractivity contribution is 7.17. The number of hydrogen-bond donors (Lipinski definition) is 3. The lowest BCUT2D eigenvalue weighted by Gasteiger charge is -2.21. The highest BCUT2D eigenvalue weighted by Crippen LogP contribution is 2.41. The van der Waals surface area contributed by atoms with Crippen molar-refractivity contribution in [1.29, 1.82) is 0 Å². The number of nitrogens with one attached hydrogen (secondary N) is 2. The fourth-order valence-corrected chi connectivity index (χ4v) is 6.71. The van der Waals surface area contributed by atoms with E-state index in [1.54, 1.807) is 6.20 Å². The van der Waals surface area contributed by atoms with Gasteiger partial charge in [0, 0.05) is 35.9 Å². The number of hydrogen-bond acceptors (Lipinski definition) is 7. The highest BCUT2D eigenvalue weighted by atomic mass is 32.1. The summed E-state index contributed by atoms with van der Waals surface area (Å²) < 4.78 is 0. The first-order valence-corrected chi connectivity index (χ1v) is 13.7. The third kappa shape index (κ3) is 4.80. The molecular formula is C26H35N5O3S. The maximum absolute atomic E-state index is 13.8. The van der Waals surface area contributed by atoms with E-state index in [-0.39, 0.29) is 41.1 Å². The second-order valence-corrected chi connectivity index (χ2v) is 11.3. The van der Waals surface area contributed by atoms with Crippen LogP contribution in [0, 0.1) is 6.92 Å². The lowest BCUT2D eigenvalue weighted by atomic mass is 10.0. The fraction of sp³-hybridized carbons (Fsp3) is 0.615. The molecule has 3 N–H and O–H groups in total. The summed E-state index contributed by atoms with van der Waals surface area (Å²) in [5.41, 5.74) is 2.18. The molecule has 8 nitrogen and oxygen atoms in total. The quantitative estimate of drug-likeness (QED) is 0.531. The molecule has 9 heteroatoms. The Labute approximate surface area is 210 Å². The molecule has 3 aliphatic rings. The van der Waals surface area contributed by atoms with Gasteiger partial charge in [0.2, 0.25) is 0 Å². The van der Waals surface area contributed by atoms with Gasteiger partial charge in [-0.05, 0) is 76.8 Å². The van der Waals surface area contributed by atoms with E-state index in [0.717, 1.165) is 55.5 Å². The molecule has 3 fully saturated rings. The van der Waals surface area contributed by atoms with Crippen LogP contribution in [0.25, 0.3) is 10.4 Å². The fourth-order valence-electron chi connectivity index (χ4n) is 5.67. The normalized spacial score (nSPS) is 26.2. The zero-order chi connectivity index (χ0) is 24.7. The van der Waals surface area contributed by atoms with Crippen LogP contribution in [0.15, 0.2) is 12.3 Å². The van der Waals surface area contributed by atoms with Crippen LogP contribution < -0.4 is 10.6 Å². The number of aliphatic hydroxyl groups excluding tert-OH is 1. The summed E-state index contributed by atoms with van der Waals surface area (Å²) in [6.07, 6.45) is 8.59. The Morgan fingerprint density at radius 3 is 2.51 bits per heavy atom. The van der Waals surface area contributed by atoms with E-state index < -0.39 is 0 Å². The second kappa shape index (κ2) is 9.85. The van der Waals surface area contributed by atoms with Gasteiger partial charge in [-0.15, -0.1) is 11.3 Å². The smallest absolute Gasteiger partial charge is 0.280 e. The van der Waals surface area contributed by atoms with Crippen LogP contribution in [-0.2, 0) is 0 Å². The summed E-state index contributed by atoms with van der Waals surface area (Å²) in [6.45, 7) is 6.24. The highest BCUT2D eigenvalue weighted by Gasteiger charge is 2.44. The van der Waals surface area contributed by atoms with Crippen molar-refractivity contribution in [2.45, 2.75) is 102 Å². The van der Waals surface area contributed by atoms with E-state index in [0.29, 0.717) is 29.5 Å². The summed E-state index contributed by atoms with van der Waals surface area (Å²) in [7, 11) is 0. The van der Waals surface area contributed by atoms with E-state index in [1.165, 1.54) is 11.3 Å². The molecule has 5 rings (SSSR count). The molecule has 1 aliphatic carbocycles. The van der Waals surface area contributed by atoms with E-state index in [2.05, 4.69) is 34.4 Å². The molecule has 2 aliphatic heterocycles. The molecule has 4 heterocycles. The number of thiazole rings is 1. The number of aliphatic hydroxyl groups is 1. The Balaban J connectivity index is 1.48. The van der Waals surface area contributed by atoms with E-state index in [9.17, 15) is 14.7 Å². The summed E-state index contributed by atoms with van der Waals surface area (Å²) in [5, 5.41) is 16.5. The predicted molar refractivity (Wildman–Crippen MR) is 137 cm³/mol. The Bertz CT molecular complexity index is 1100.